The average Bonchev–Trinajstić information content (AvgIpc) is 2.66. The maximum atomic E-state index is 9.70. The van der Waals surface area contributed by atoms with E-state index in [1.54, 1.807) is 12.1 Å². The van der Waals surface area contributed by atoms with E-state index in [0.29, 0.717) is 0 Å². The first-order valence-electron chi connectivity index (χ1n) is 9.03. The maximum Gasteiger partial charge on any atom is 0.133 e. The van der Waals surface area contributed by atoms with Gasteiger partial charge in [-0.25, -0.2) is 0 Å². The van der Waals surface area contributed by atoms with Gasteiger partial charge in [-0.3, -0.25) is 0 Å². The molecule has 138 valence electrons. The number of phenolic OH excluding ortho intramolecular Hbond substituents is 1. The van der Waals surface area contributed by atoms with E-state index in [1.165, 1.54) is 0 Å². The van der Waals surface area contributed by atoms with Crippen molar-refractivity contribution in [2.45, 2.75) is 5.92 Å². The summed E-state index contributed by atoms with van der Waals surface area (Å²) >= 11 is 0. The average molecular weight is 360 g/mol. The predicted octanol–water partition coefficient (Wildman–Crippen LogP) is 4.81. The lowest BCUT2D eigenvalue weighted by atomic mass is 9.82. The fraction of sp³-hybridized carbons (Fsp3) is 0.217. The monoisotopic (exact) mass is 360 g/mol. The molecule has 1 aliphatic heterocycles. The fourth-order valence-electron chi connectivity index (χ4n) is 3.57. The summed E-state index contributed by atoms with van der Waals surface area (Å²) in [5.74, 6) is 2.10. The number of aromatic hydroxyl groups is 1. The van der Waals surface area contributed by atoms with Gasteiger partial charge in [-0.05, 0) is 29.8 Å². The highest BCUT2D eigenvalue weighted by Crippen LogP contribution is 2.49. The third-order valence-electron chi connectivity index (χ3n) is 5.10. The van der Waals surface area contributed by atoms with Gasteiger partial charge in [0.25, 0.3) is 0 Å². The molecule has 0 fully saturated rings. The molecule has 4 rings (SSSR count). The zero-order chi connectivity index (χ0) is 19.1. The van der Waals surface area contributed by atoms with E-state index in [2.05, 4.69) is 46.2 Å². The Morgan fingerprint density at radius 2 is 1.19 bits per heavy atom. The van der Waals surface area contributed by atoms with E-state index in [4.69, 9.17) is 4.74 Å². The van der Waals surface area contributed by atoms with Gasteiger partial charge in [-0.1, -0.05) is 24.3 Å². The smallest absolute Gasteiger partial charge is 0.133 e. The standard InChI is InChI=1S/C23H24N2O2/c1-24(2)16-7-11-19-21(13-16)27-22-14-17(25(3)4)8-12-20(22)23(19)15-5-9-18(26)10-6-15/h5-14,23,26H,1-4H3. The molecule has 0 saturated heterocycles. The molecule has 0 aromatic heterocycles. The molecule has 1 N–H and O–H groups in total. The van der Waals surface area contributed by atoms with E-state index < -0.39 is 0 Å². The van der Waals surface area contributed by atoms with Gasteiger partial charge in [0.1, 0.15) is 17.2 Å². The van der Waals surface area contributed by atoms with E-state index in [9.17, 15) is 5.11 Å². The highest BCUT2D eigenvalue weighted by atomic mass is 16.5. The van der Waals surface area contributed by atoms with Crippen LogP contribution in [0.4, 0.5) is 11.4 Å². The minimum Gasteiger partial charge on any atom is -0.508 e. The SMILES string of the molecule is CN(C)c1ccc2c(c1)Oc1cc(N(C)C)ccc1C2c1ccc(O)cc1. The Morgan fingerprint density at radius 3 is 1.63 bits per heavy atom. The quantitative estimate of drug-likeness (QED) is 0.569. The van der Waals surface area contributed by atoms with Gasteiger partial charge >= 0.3 is 0 Å². The lowest BCUT2D eigenvalue weighted by molar-refractivity contribution is 0.452. The summed E-state index contributed by atoms with van der Waals surface area (Å²) in [7, 11) is 8.11. The summed E-state index contributed by atoms with van der Waals surface area (Å²) in [4.78, 5) is 4.15. The third-order valence-corrected chi connectivity index (χ3v) is 5.10. The lowest BCUT2D eigenvalue weighted by Crippen LogP contribution is -2.15. The Morgan fingerprint density at radius 1 is 0.704 bits per heavy atom. The number of hydrogen-bond donors (Lipinski definition) is 1. The Bertz CT molecular complexity index is 921. The van der Waals surface area contributed by atoms with Crippen LogP contribution in [0.2, 0.25) is 0 Å². The minimum atomic E-state index is 0.0665. The topological polar surface area (TPSA) is 35.9 Å². The zero-order valence-corrected chi connectivity index (χ0v) is 16.1. The molecule has 3 aromatic rings. The summed E-state index contributed by atoms with van der Waals surface area (Å²) in [6.45, 7) is 0. The van der Waals surface area contributed by atoms with Crippen molar-refractivity contribution in [3.05, 3.63) is 77.4 Å². The second-order valence-electron chi connectivity index (χ2n) is 7.36. The van der Waals surface area contributed by atoms with Crippen LogP contribution < -0.4 is 14.5 Å². The summed E-state index contributed by atoms with van der Waals surface area (Å²) in [6, 6.07) is 20.2. The Kier molecular flexibility index (Phi) is 4.19. The molecular formula is C23H24N2O2. The molecule has 1 aliphatic rings. The molecule has 4 heteroatoms. The molecule has 0 atom stereocenters. The second kappa shape index (κ2) is 6.54. The van der Waals surface area contributed by atoms with E-state index in [0.717, 1.165) is 39.6 Å². The third kappa shape index (κ3) is 3.08. The summed E-state index contributed by atoms with van der Waals surface area (Å²) in [5.41, 5.74) is 5.61. The highest BCUT2D eigenvalue weighted by Gasteiger charge is 2.29. The fourth-order valence-corrected chi connectivity index (χ4v) is 3.57. The van der Waals surface area contributed by atoms with Gasteiger partial charge in [0.15, 0.2) is 0 Å². The molecule has 0 saturated carbocycles. The summed E-state index contributed by atoms with van der Waals surface area (Å²) in [5, 5.41) is 9.70. The number of fused-ring (bicyclic) bond motifs is 2. The Labute approximate surface area is 160 Å². The molecule has 0 radical (unpaired) electrons. The molecular weight excluding hydrogens is 336 g/mol. The van der Waals surface area contributed by atoms with Crippen molar-refractivity contribution < 1.29 is 9.84 Å². The van der Waals surface area contributed by atoms with Crippen molar-refractivity contribution in [1.29, 1.82) is 0 Å². The molecule has 0 aliphatic carbocycles. The Balaban J connectivity index is 1.90. The first-order chi connectivity index (χ1) is 12.9. The van der Waals surface area contributed by atoms with Crippen molar-refractivity contribution in [2.24, 2.45) is 0 Å². The van der Waals surface area contributed by atoms with Crippen LogP contribution in [0.5, 0.6) is 17.2 Å². The van der Waals surface area contributed by atoms with Crippen LogP contribution >= 0.6 is 0 Å². The number of benzene rings is 3. The molecule has 0 bridgehead atoms. The van der Waals surface area contributed by atoms with Crippen LogP contribution in [0.15, 0.2) is 60.7 Å². The molecule has 4 nitrogen and oxygen atoms in total. The van der Waals surface area contributed by atoms with Crippen LogP contribution in [0.3, 0.4) is 0 Å². The van der Waals surface area contributed by atoms with Crippen molar-refractivity contribution >= 4 is 11.4 Å². The molecule has 1 heterocycles. The van der Waals surface area contributed by atoms with Gasteiger partial charge < -0.3 is 19.6 Å². The normalized spacial score (nSPS) is 12.7. The van der Waals surface area contributed by atoms with Crippen molar-refractivity contribution in [1.82, 2.24) is 0 Å². The first kappa shape index (κ1) is 17.3. The zero-order valence-electron chi connectivity index (χ0n) is 16.1. The molecule has 27 heavy (non-hydrogen) atoms. The number of rotatable bonds is 3. The largest absolute Gasteiger partial charge is 0.508 e. The second-order valence-corrected chi connectivity index (χ2v) is 7.36. The first-order valence-corrected chi connectivity index (χ1v) is 9.03. The van der Waals surface area contributed by atoms with Crippen molar-refractivity contribution in [3.8, 4) is 17.2 Å². The number of hydrogen-bond acceptors (Lipinski definition) is 4. The number of phenols is 1. The van der Waals surface area contributed by atoms with Gasteiger partial charge in [0, 0.05) is 68.7 Å². The van der Waals surface area contributed by atoms with Crippen LogP contribution in [-0.2, 0) is 0 Å². The predicted molar refractivity (Wildman–Crippen MR) is 111 cm³/mol. The molecule has 3 aromatic carbocycles. The summed E-state index contributed by atoms with van der Waals surface area (Å²) < 4.78 is 6.33. The van der Waals surface area contributed by atoms with Crippen LogP contribution in [0.25, 0.3) is 0 Å². The van der Waals surface area contributed by atoms with Crippen LogP contribution in [0.1, 0.15) is 22.6 Å². The number of ether oxygens (including phenoxy) is 1. The summed E-state index contributed by atoms with van der Waals surface area (Å²) in [6.07, 6.45) is 0. The van der Waals surface area contributed by atoms with E-state index in [-0.39, 0.29) is 11.7 Å². The number of nitrogens with zero attached hydrogens (tertiary/aromatic N) is 2. The van der Waals surface area contributed by atoms with E-state index in [1.807, 2.05) is 40.3 Å². The van der Waals surface area contributed by atoms with Crippen LogP contribution in [0, 0.1) is 0 Å². The molecule has 0 amide bonds. The Hall–Kier alpha value is -3.14. The van der Waals surface area contributed by atoms with Crippen LogP contribution in [-0.4, -0.2) is 33.3 Å². The minimum absolute atomic E-state index is 0.0665. The van der Waals surface area contributed by atoms with Gasteiger partial charge in [-0.15, -0.1) is 0 Å². The molecule has 0 unspecified atom stereocenters. The van der Waals surface area contributed by atoms with E-state index >= 15 is 0 Å². The lowest BCUT2D eigenvalue weighted by Gasteiger charge is -2.30. The van der Waals surface area contributed by atoms with Crippen molar-refractivity contribution in [3.63, 3.8) is 0 Å². The van der Waals surface area contributed by atoms with Gasteiger partial charge in [0.05, 0.1) is 0 Å². The molecule has 0 spiro atoms. The maximum absolute atomic E-state index is 9.70. The van der Waals surface area contributed by atoms with Crippen molar-refractivity contribution in [2.75, 3.05) is 38.0 Å². The van der Waals surface area contributed by atoms with Gasteiger partial charge in [0.2, 0.25) is 0 Å². The van der Waals surface area contributed by atoms with Gasteiger partial charge in [-0.2, -0.15) is 0 Å². The highest BCUT2D eigenvalue weighted by molar-refractivity contribution is 5.65. The number of anilines is 2.